The maximum Gasteiger partial charge on any atom is 0.417 e. The summed E-state index contributed by atoms with van der Waals surface area (Å²) in [6, 6.07) is 5.38. The summed E-state index contributed by atoms with van der Waals surface area (Å²) in [5.41, 5.74) is 2.19. The molecule has 1 aliphatic rings. The Bertz CT molecular complexity index is 679. The molecule has 1 fully saturated rings. The van der Waals surface area contributed by atoms with Crippen LogP contribution < -0.4 is 5.76 Å². The third kappa shape index (κ3) is 1.59. The van der Waals surface area contributed by atoms with Crippen molar-refractivity contribution < 1.29 is 9.52 Å². The fourth-order valence-electron chi connectivity index (χ4n) is 3.38. The predicted octanol–water partition coefficient (Wildman–Crippen LogP) is 2.84. The molecule has 1 aliphatic carbocycles. The molecule has 1 saturated carbocycles. The van der Waals surface area contributed by atoms with Crippen LogP contribution in [0.4, 0.5) is 0 Å². The topological polar surface area (TPSA) is 66.2 Å². The average molecular weight is 261 g/mol. The van der Waals surface area contributed by atoms with Gasteiger partial charge >= 0.3 is 5.76 Å². The van der Waals surface area contributed by atoms with Gasteiger partial charge < -0.3 is 9.52 Å². The fourth-order valence-corrected chi connectivity index (χ4v) is 3.38. The average Bonchev–Trinajstić information content (AvgIpc) is 2.58. The van der Waals surface area contributed by atoms with Gasteiger partial charge in [0, 0.05) is 5.92 Å². The van der Waals surface area contributed by atoms with Crippen molar-refractivity contribution in [1.29, 1.82) is 0 Å². The highest BCUT2D eigenvalue weighted by atomic mass is 16.4. The number of aliphatic hydroxyl groups is 1. The maximum absolute atomic E-state index is 11.1. The minimum atomic E-state index is -0.533. The quantitative estimate of drug-likeness (QED) is 0.873. The summed E-state index contributed by atoms with van der Waals surface area (Å²) in [6.07, 6.45) is -0.533. The van der Waals surface area contributed by atoms with Crippen molar-refractivity contribution in [2.45, 2.75) is 33.8 Å². The van der Waals surface area contributed by atoms with Gasteiger partial charge in [-0.15, -0.1) is 0 Å². The smallest absolute Gasteiger partial charge is 0.408 e. The minimum Gasteiger partial charge on any atom is -0.408 e. The Kier molecular flexibility index (Phi) is 2.31. The van der Waals surface area contributed by atoms with Gasteiger partial charge in [-0.05, 0) is 28.5 Å². The van der Waals surface area contributed by atoms with Crippen LogP contribution in [0.2, 0.25) is 0 Å². The lowest BCUT2D eigenvalue weighted by Crippen LogP contribution is -2.05. The molecule has 0 bridgehead atoms. The van der Waals surface area contributed by atoms with Gasteiger partial charge in [0.15, 0.2) is 5.58 Å². The van der Waals surface area contributed by atoms with Crippen molar-refractivity contribution in [2.24, 2.45) is 16.7 Å². The maximum atomic E-state index is 11.1. The van der Waals surface area contributed by atoms with Crippen molar-refractivity contribution in [2.75, 3.05) is 0 Å². The molecule has 1 atom stereocenters. The van der Waals surface area contributed by atoms with Crippen LogP contribution in [0.15, 0.2) is 27.4 Å². The minimum absolute atomic E-state index is 0.111. The van der Waals surface area contributed by atoms with E-state index in [2.05, 4.69) is 32.7 Å². The Morgan fingerprint density at radius 1 is 1.26 bits per heavy atom. The zero-order valence-corrected chi connectivity index (χ0v) is 11.7. The number of H-pyrrole nitrogens is 1. The van der Waals surface area contributed by atoms with E-state index in [-0.39, 0.29) is 16.7 Å². The highest BCUT2D eigenvalue weighted by Crippen LogP contribution is 2.72. The number of oxazole rings is 1. The van der Waals surface area contributed by atoms with Gasteiger partial charge in [-0.2, -0.15) is 0 Å². The standard InChI is InChI=1S/C15H19NO3/c1-14(2)12(15(14,3)4)11(17)8-5-6-9-10(7-8)19-13(18)16-9/h5-7,11-12,17H,1-4H3,(H,16,18). The van der Waals surface area contributed by atoms with Crippen LogP contribution in [-0.4, -0.2) is 10.1 Å². The largest absolute Gasteiger partial charge is 0.417 e. The molecule has 1 aromatic carbocycles. The van der Waals surface area contributed by atoms with Gasteiger partial charge in [0.05, 0.1) is 11.6 Å². The van der Waals surface area contributed by atoms with Crippen LogP contribution in [0.3, 0.4) is 0 Å². The molecule has 2 aromatic rings. The summed E-state index contributed by atoms with van der Waals surface area (Å²) in [6.45, 7) is 8.71. The molecule has 0 spiro atoms. The molecule has 19 heavy (non-hydrogen) atoms. The zero-order chi connectivity index (χ0) is 14.0. The number of hydrogen-bond donors (Lipinski definition) is 2. The summed E-state index contributed by atoms with van der Waals surface area (Å²) in [5.74, 6) is -0.253. The number of hydrogen-bond acceptors (Lipinski definition) is 3. The van der Waals surface area contributed by atoms with Crippen LogP contribution in [0, 0.1) is 16.7 Å². The second-order valence-corrected chi connectivity index (χ2v) is 6.64. The molecule has 1 unspecified atom stereocenters. The second kappa shape index (κ2) is 3.51. The number of benzene rings is 1. The number of fused-ring (bicyclic) bond motifs is 1. The van der Waals surface area contributed by atoms with E-state index in [4.69, 9.17) is 4.42 Å². The van der Waals surface area contributed by atoms with Crippen LogP contribution in [0.25, 0.3) is 11.1 Å². The molecule has 4 heteroatoms. The molecule has 2 N–H and O–H groups in total. The van der Waals surface area contributed by atoms with E-state index >= 15 is 0 Å². The van der Waals surface area contributed by atoms with Gasteiger partial charge in [-0.3, -0.25) is 4.98 Å². The fraction of sp³-hybridized carbons (Fsp3) is 0.533. The Morgan fingerprint density at radius 2 is 1.89 bits per heavy atom. The van der Waals surface area contributed by atoms with E-state index in [0.29, 0.717) is 11.1 Å². The van der Waals surface area contributed by atoms with Crippen molar-refractivity contribution in [3.05, 3.63) is 34.3 Å². The molecule has 0 aliphatic heterocycles. The summed E-state index contributed by atoms with van der Waals surface area (Å²) in [7, 11) is 0. The molecule has 3 rings (SSSR count). The number of aromatic amines is 1. The Morgan fingerprint density at radius 3 is 2.47 bits per heavy atom. The van der Waals surface area contributed by atoms with E-state index in [1.54, 1.807) is 12.1 Å². The highest BCUT2D eigenvalue weighted by molar-refractivity contribution is 5.72. The third-order valence-corrected chi connectivity index (χ3v) is 5.23. The van der Waals surface area contributed by atoms with Crippen molar-refractivity contribution >= 4 is 11.1 Å². The van der Waals surface area contributed by atoms with Gasteiger partial charge in [0.25, 0.3) is 0 Å². The highest BCUT2D eigenvalue weighted by Gasteiger charge is 2.67. The van der Waals surface area contributed by atoms with Gasteiger partial charge in [-0.1, -0.05) is 33.8 Å². The zero-order valence-electron chi connectivity index (χ0n) is 11.7. The van der Waals surface area contributed by atoms with Crippen molar-refractivity contribution in [3.8, 4) is 0 Å². The molecule has 1 aromatic heterocycles. The summed E-state index contributed by atoms with van der Waals surface area (Å²) < 4.78 is 5.04. The first-order valence-electron chi connectivity index (χ1n) is 6.56. The summed E-state index contributed by atoms with van der Waals surface area (Å²) in [4.78, 5) is 13.7. The van der Waals surface area contributed by atoms with Gasteiger partial charge in [0.1, 0.15) is 0 Å². The second-order valence-electron chi connectivity index (χ2n) is 6.64. The Hall–Kier alpha value is -1.55. The first-order valence-corrected chi connectivity index (χ1v) is 6.56. The number of rotatable bonds is 2. The molecule has 0 amide bonds. The molecular formula is C15H19NO3. The molecular weight excluding hydrogens is 242 g/mol. The number of aliphatic hydroxyl groups excluding tert-OH is 1. The molecule has 0 saturated heterocycles. The van der Waals surface area contributed by atoms with Crippen LogP contribution >= 0.6 is 0 Å². The Labute approximate surface area is 111 Å². The predicted molar refractivity (Wildman–Crippen MR) is 72.8 cm³/mol. The normalized spacial score (nSPS) is 22.6. The van der Waals surface area contributed by atoms with E-state index < -0.39 is 11.9 Å². The number of nitrogens with one attached hydrogen (secondary N) is 1. The number of aromatic nitrogens is 1. The van der Waals surface area contributed by atoms with Gasteiger partial charge in [0.2, 0.25) is 0 Å². The lowest BCUT2D eigenvalue weighted by atomic mass is 9.99. The van der Waals surface area contributed by atoms with Crippen molar-refractivity contribution in [1.82, 2.24) is 4.98 Å². The summed E-state index contributed by atoms with van der Waals surface area (Å²) in [5, 5.41) is 10.6. The van der Waals surface area contributed by atoms with E-state index in [9.17, 15) is 9.90 Å². The van der Waals surface area contributed by atoms with Crippen LogP contribution in [-0.2, 0) is 0 Å². The van der Waals surface area contributed by atoms with E-state index in [1.807, 2.05) is 6.07 Å². The monoisotopic (exact) mass is 261 g/mol. The molecule has 4 nitrogen and oxygen atoms in total. The first kappa shape index (κ1) is 12.5. The lowest BCUT2D eigenvalue weighted by Gasteiger charge is -2.13. The van der Waals surface area contributed by atoms with E-state index in [1.165, 1.54) is 0 Å². The van der Waals surface area contributed by atoms with Crippen LogP contribution in [0.5, 0.6) is 0 Å². The summed E-state index contributed by atoms with van der Waals surface area (Å²) >= 11 is 0. The lowest BCUT2D eigenvalue weighted by molar-refractivity contribution is 0.131. The van der Waals surface area contributed by atoms with E-state index in [0.717, 1.165) is 5.56 Å². The van der Waals surface area contributed by atoms with Gasteiger partial charge in [-0.25, -0.2) is 4.79 Å². The molecule has 1 heterocycles. The van der Waals surface area contributed by atoms with Crippen molar-refractivity contribution in [3.63, 3.8) is 0 Å². The van der Waals surface area contributed by atoms with Crippen LogP contribution in [0.1, 0.15) is 39.4 Å². The Balaban J connectivity index is 1.99. The first-order chi connectivity index (χ1) is 8.75. The molecule has 102 valence electrons. The SMILES string of the molecule is CC1(C)C(C(O)c2ccc3[nH]c(=O)oc3c2)C1(C)C. The molecule has 0 radical (unpaired) electrons. The third-order valence-electron chi connectivity index (χ3n) is 5.23.